The summed E-state index contributed by atoms with van der Waals surface area (Å²) in [6.45, 7) is 5.69. The minimum absolute atomic E-state index is 0. The Hall–Kier alpha value is -1.28. The number of hydrogen-bond donors (Lipinski definition) is 1. The zero-order chi connectivity index (χ0) is 16.5. The normalized spacial score (nSPS) is 20.0. The van der Waals surface area contributed by atoms with E-state index in [1.807, 2.05) is 13.8 Å². The third kappa shape index (κ3) is 3.80. The molecule has 2 heterocycles. The van der Waals surface area contributed by atoms with Crippen LogP contribution in [0.5, 0.6) is 0 Å². The number of rotatable bonds is 5. The van der Waals surface area contributed by atoms with Crippen LogP contribution in [0.3, 0.4) is 0 Å². The molecular weight excluding hydrogens is 309 g/mol. The number of hydrogen-bond acceptors (Lipinski definition) is 6. The molecule has 0 radical (unpaired) electrons. The Morgan fingerprint density at radius 3 is 2.61 bits per heavy atom. The van der Waals surface area contributed by atoms with Crippen molar-refractivity contribution in [2.45, 2.75) is 32.9 Å². The molecule has 7 nitrogen and oxygen atoms in total. The van der Waals surface area contributed by atoms with Gasteiger partial charge in [-0.1, -0.05) is 13.8 Å². The van der Waals surface area contributed by atoms with Crippen LogP contribution in [-0.4, -0.2) is 35.3 Å². The van der Waals surface area contributed by atoms with Gasteiger partial charge in [0.15, 0.2) is 5.84 Å². The molecule has 8 heteroatoms. The monoisotopic (exact) mass is 327 g/mol. The Balaban J connectivity index is 0.00000264. The summed E-state index contributed by atoms with van der Waals surface area (Å²) in [5.74, 6) is -1.53. The van der Waals surface area contributed by atoms with E-state index in [1.165, 1.54) is 19.4 Å². The van der Waals surface area contributed by atoms with Crippen LogP contribution in [0.25, 0.3) is 0 Å². The van der Waals surface area contributed by atoms with Crippen molar-refractivity contribution in [3.8, 4) is 0 Å². The first-order chi connectivity index (χ1) is 10.3. The van der Waals surface area contributed by atoms with Gasteiger partial charge in [-0.2, -0.15) is 0 Å². The molecule has 2 rings (SSSR count). The topological polar surface area (TPSA) is 104 Å². The third-order valence-corrected chi connectivity index (χ3v) is 3.86. The number of nitrogens with zero attached hydrogens (tertiary/aromatic N) is 2. The number of aromatic carboxylic acids is 1. The molecule has 1 N–H and O–H groups in total. The van der Waals surface area contributed by atoms with E-state index in [2.05, 4.69) is 15.3 Å². The molecule has 1 aliphatic heterocycles. The summed E-state index contributed by atoms with van der Waals surface area (Å²) in [5.41, 5.74) is -0.369. The molecule has 0 fully saturated rings. The molecule has 0 saturated carbocycles. The molecule has 23 heavy (non-hydrogen) atoms. The van der Waals surface area contributed by atoms with Crippen molar-refractivity contribution in [3.63, 3.8) is 0 Å². The second-order valence-corrected chi connectivity index (χ2v) is 5.68. The Bertz CT molecular complexity index is 660. The molecular formula is C15H18N3NaO4. The molecule has 0 aromatic carbocycles. The Morgan fingerprint density at radius 1 is 1.48 bits per heavy atom. The minimum atomic E-state index is -1.38. The Morgan fingerprint density at radius 2 is 2.13 bits per heavy atom. The van der Waals surface area contributed by atoms with Crippen LogP contribution in [0, 0.1) is 5.92 Å². The van der Waals surface area contributed by atoms with E-state index in [-0.39, 0.29) is 65.1 Å². The predicted molar refractivity (Wildman–Crippen MR) is 77.2 cm³/mol. The molecule has 0 bridgehead atoms. The van der Waals surface area contributed by atoms with Gasteiger partial charge in [-0.05, 0) is 24.5 Å². The summed E-state index contributed by atoms with van der Waals surface area (Å²) in [5, 5.41) is 14.0. The fourth-order valence-corrected chi connectivity index (χ4v) is 2.15. The van der Waals surface area contributed by atoms with E-state index < -0.39 is 11.5 Å². The molecule has 1 aromatic heterocycles. The number of amides is 1. The largest absolute Gasteiger partial charge is 1.00 e. The van der Waals surface area contributed by atoms with Crippen LogP contribution < -0.4 is 40.0 Å². The van der Waals surface area contributed by atoms with Crippen LogP contribution in [-0.2, 0) is 16.1 Å². The van der Waals surface area contributed by atoms with E-state index in [1.54, 1.807) is 6.92 Å². The van der Waals surface area contributed by atoms with Gasteiger partial charge in [-0.15, -0.1) is 0 Å². The van der Waals surface area contributed by atoms with Gasteiger partial charge in [0.1, 0.15) is 11.2 Å². The predicted octanol–water partition coefficient (Wildman–Crippen LogP) is -3.11. The van der Waals surface area contributed by atoms with Crippen molar-refractivity contribution < 1.29 is 49.0 Å². The van der Waals surface area contributed by atoms with Gasteiger partial charge in [0.25, 0.3) is 5.91 Å². The zero-order valence-electron chi connectivity index (χ0n) is 14.0. The number of carboxylic acids is 1. The van der Waals surface area contributed by atoms with Crippen molar-refractivity contribution in [2.75, 3.05) is 7.11 Å². The maximum Gasteiger partial charge on any atom is 1.00 e. The molecule has 1 aliphatic rings. The first kappa shape index (κ1) is 19.8. The van der Waals surface area contributed by atoms with E-state index in [4.69, 9.17) is 4.74 Å². The third-order valence-electron chi connectivity index (χ3n) is 3.86. The first-order valence-corrected chi connectivity index (χ1v) is 6.90. The van der Waals surface area contributed by atoms with E-state index in [0.29, 0.717) is 5.56 Å². The van der Waals surface area contributed by atoms with Crippen molar-refractivity contribution in [1.82, 2.24) is 10.3 Å². The summed E-state index contributed by atoms with van der Waals surface area (Å²) >= 11 is 0. The van der Waals surface area contributed by atoms with Crippen LogP contribution in [0.1, 0.15) is 42.4 Å². The molecule has 1 amide bonds. The SMILES string of the molecule is COCc1cnc(C2=NC(C)(C(C)C)C(=O)N2)c(C(=O)[O-])c1.[Na+]. The second kappa shape index (κ2) is 7.53. The number of methoxy groups -OCH3 is 1. The minimum Gasteiger partial charge on any atom is -0.545 e. The number of aromatic nitrogens is 1. The fourth-order valence-electron chi connectivity index (χ4n) is 2.15. The zero-order valence-corrected chi connectivity index (χ0v) is 16.0. The number of carboxylic acid groups (broad SMARTS) is 1. The number of nitrogens with one attached hydrogen (secondary N) is 1. The quantitative estimate of drug-likeness (QED) is 0.577. The Kier molecular flexibility index (Phi) is 6.47. The summed E-state index contributed by atoms with van der Waals surface area (Å²) in [6.07, 6.45) is 1.49. The number of aliphatic imine (C=N–C) groups is 1. The van der Waals surface area contributed by atoms with Crippen molar-refractivity contribution >= 4 is 17.7 Å². The maximum atomic E-state index is 12.1. The van der Waals surface area contributed by atoms with E-state index >= 15 is 0 Å². The summed E-state index contributed by atoms with van der Waals surface area (Å²) < 4.78 is 4.96. The number of amidine groups is 1. The van der Waals surface area contributed by atoms with Crippen molar-refractivity contribution in [3.05, 3.63) is 29.1 Å². The van der Waals surface area contributed by atoms with Gasteiger partial charge >= 0.3 is 29.6 Å². The molecule has 0 spiro atoms. The van der Waals surface area contributed by atoms with Gasteiger partial charge in [0, 0.05) is 18.9 Å². The van der Waals surface area contributed by atoms with Crippen LogP contribution in [0.2, 0.25) is 0 Å². The number of carbonyl (C=O) groups is 2. The summed E-state index contributed by atoms with van der Waals surface area (Å²) in [7, 11) is 1.50. The summed E-state index contributed by atoms with van der Waals surface area (Å²) in [6, 6.07) is 1.42. The fraction of sp³-hybridized carbons (Fsp3) is 0.467. The first-order valence-electron chi connectivity index (χ1n) is 6.90. The van der Waals surface area contributed by atoms with Gasteiger partial charge < -0.3 is 20.0 Å². The van der Waals surface area contributed by atoms with Crippen LogP contribution in [0.15, 0.2) is 17.3 Å². The molecule has 0 aliphatic carbocycles. The van der Waals surface area contributed by atoms with Crippen molar-refractivity contribution in [2.24, 2.45) is 10.9 Å². The van der Waals surface area contributed by atoms with Crippen molar-refractivity contribution in [1.29, 1.82) is 0 Å². The van der Waals surface area contributed by atoms with E-state index in [9.17, 15) is 14.7 Å². The standard InChI is InChI=1S/C15H19N3O4.Na/c1-8(2)15(3)14(21)17-12(18-15)11-10(13(19)20)5-9(6-16-11)7-22-4;/h5-6,8H,7H2,1-4H3,(H,19,20)(H,17,18,21);/q;+1/p-1. The maximum absolute atomic E-state index is 12.1. The molecule has 1 atom stereocenters. The van der Waals surface area contributed by atoms with Gasteiger partial charge in [0.05, 0.1) is 12.6 Å². The van der Waals surface area contributed by atoms with E-state index in [0.717, 1.165) is 0 Å². The molecule has 1 unspecified atom stereocenters. The van der Waals surface area contributed by atoms with Gasteiger partial charge in [-0.3, -0.25) is 9.78 Å². The average Bonchev–Trinajstić information content (AvgIpc) is 2.76. The smallest absolute Gasteiger partial charge is 0.545 e. The Labute approximate surface area is 156 Å². The average molecular weight is 327 g/mol. The van der Waals surface area contributed by atoms with Gasteiger partial charge in [0.2, 0.25) is 0 Å². The number of carbonyl (C=O) groups excluding carboxylic acids is 2. The molecule has 0 saturated heterocycles. The number of pyridine rings is 1. The van der Waals surface area contributed by atoms with Gasteiger partial charge in [-0.25, -0.2) is 4.99 Å². The van der Waals surface area contributed by atoms with Crippen LogP contribution >= 0.6 is 0 Å². The number of ether oxygens (including phenoxy) is 1. The summed E-state index contributed by atoms with van der Waals surface area (Å²) in [4.78, 5) is 32.0. The molecule has 118 valence electrons. The molecule has 1 aromatic rings. The van der Waals surface area contributed by atoms with Crippen LogP contribution in [0.4, 0.5) is 0 Å². The second-order valence-electron chi connectivity index (χ2n) is 5.68.